The van der Waals surface area contributed by atoms with Crippen molar-refractivity contribution in [3.63, 3.8) is 0 Å². The minimum atomic E-state index is -0.572. The summed E-state index contributed by atoms with van der Waals surface area (Å²) in [7, 11) is 0. The summed E-state index contributed by atoms with van der Waals surface area (Å²) in [4.78, 5) is 4.71. The standard InChI is InChI=1S/C49H36N2/c1-5-21-39(22-6-1)50(40-23-7-2-8-24-40)43-29-17-19-37(35-43)49(47-33-15-13-31-45(47)46-32-14-16-34-48(46)49)38-20-18-30-44(36-38)51(41-25-9-3-10-26-41)42-27-11-4-12-28-42/h1-36H. The molecule has 1 aliphatic carbocycles. The van der Waals surface area contributed by atoms with Crippen LogP contribution in [0.3, 0.4) is 0 Å². The lowest BCUT2D eigenvalue weighted by Gasteiger charge is -2.36. The van der Waals surface area contributed by atoms with Crippen molar-refractivity contribution in [2.45, 2.75) is 5.41 Å². The number of benzene rings is 8. The van der Waals surface area contributed by atoms with Crippen LogP contribution in [-0.2, 0) is 5.41 Å². The molecular weight excluding hydrogens is 617 g/mol. The molecule has 0 unspecified atom stereocenters. The second-order valence-electron chi connectivity index (χ2n) is 13.0. The fourth-order valence-corrected chi connectivity index (χ4v) is 7.98. The zero-order valence-electron chi connectivity index (χ0n) is 28.2. The lowest BCUT2D eigenvalue weighted by molar-refractivity contribution is 0.768. The molecule has 0 N–H and O–H groups in total. The van der Waals surface area contributed by atoms with Crippen LogP contribution in [0.15, 0.2) is 218 Å². The van der Waals surface area contributed by atoms with Crippen molar-refractivity contribution >= 4 is 34.1 Å². The van der Waals surface area contributed by atoms with E-state index in [0.29, 0.717) is 0 Å². The number of hydrogen-bond donors (Lipinski definition) is 0. The number of anilines is 6. The Kier molecular flexibility index (Phi) is 7.75. The van der Waals surface area contributed by atoms with E-state index in [-0.39, 0.29) is 0 Å². The van der Waals surface area contributed by atoms with Crippen molar-refractivity contribution in [3.8, 4) is 11.1 Å². The minimum absolute atomic E-state index is 0.572. The maximum absolute atomic E-state index is 2.40. The quantitative estimate of drug-likeness (QED) is 0.161. The van der Waals surface area contributed by atoms with Gasteiger partial charge in [0.2, 0.25) is 0 Å². The first kappa shape index (κ1) is 30.4. The highest BCUT2D eigenvalue weighted by molar-refractivity contribution is 5.88. The number of nitrogens with zero attached hydrogens (tertiary/aromatic N) is 2. The van der Waals surface area contributed by atoms with Crippen LogP contribution in [0, 0.1) is 0 Å². The molecular formula is C49H36N2. The van der Waals surface area contributed by atoms with Gasteiger partial charge in [-0.05, 0) is 106 Å². The highest BCUT2D eigenvalue weighted by Gasteiger charge is 2.46. The van der Waals surface area contributed by atoms with E-state index in [1.165, 1.54) is 33.4 Å². The second kappa shape index (κ2) is 13.0. The first-order valence-corrected chi connectivity index (χ1v) is 17.5. The highest BCUT2D eigenvalue weighted by atomic mass is 15.1. The molecule has 0 radical (unpaired) electrons. The molecule has 9 rings (SSSR count). The van der Waals surface area contributed by atoms with Gasteiger partial charge in [-0.3, -0.25) is 0 Å². The van der Waals surface area contributed by atoms with Crippen LogP contribution in [-0.4, -0.2) is 0 Å². The molecule has 0 fully saturated rings. The van der Waals surface area contributed by atoms with E-state index in [9.17, 15) is 0 Å². The van der Waals surface area contributed by atoms with Gasteiger partial charge in [-0.1, -0.05) is 146 Å². The van der Waals surface area contributed by atoms with Crippen LogP contribution < -0.4 is 9.80 Å². The predicted octanol–water partition coefficient (Wildman–Crippen LogP) is 13.0. The third-order valence-corrected chi connectivity index (χ3v) is 10.1. The average Bonchev–Trinajstić information content (AvgIpc) is 3.51. The second-order valence-corrected chi connectivity index (χ2v) is 13.0. The first-order valence-electron chi connectivity index (χ1n) is 17.5. The highest BCUT2D eigenvalue weighted by Crippen LogP contribution is 2.57. The molecule has 0 heterocycles. The Hall–Kier alpha value is -6.64. The van der Waals surface area contributed by atoms with Gasteiger partial charge >= 0.3 is 0 Å². The zero-order valence-corrected chi connectivity index (χ0v) is 28.2. The van der Waals surface area contributed by atoms with E-state index in [1.54, 1.807) is 0 Å². The molecule has 0 bridgehead atoms. The van der Waals surface area contributed by atoms with E-state index in [4.69, 9.17) is 0 Å². The lowest BCUT2D eigenvalue weighted by Crippen LogP contribution is -2.29. The molecule has 8 aromatic carbocycles. The fourth-order valence-electron chi connectivity index (χ4n) is 7.98. The monoisotopic (exact) mass is 652 g/mol. The predicted molar refractivity (Wildman–Crippen MR) is 213 cm³/mol. The van der Waals surface area contributed by atoms with Crippen LogP contribution in [0.2, 0.25) is 0 Å². The van der Waals surface area contributed by atoms with Crippen molar-refractivity contribution in [2.24, 2.45) is 0 Å². The van der Waals surface area contributed by atoms with E-state index in [1.807, 2.05) is 0 Å². The molecule has 0 saturated heterocycles. The molecule has 0 atom stereocenters. The average molecular weight is 653 g/mol. The molecule has 0 saturated carbocycles. The Labute approximate surface area is 300 Å². The molecule has 8 aromatic rings. The molecule has 2 nitrogen and oxygen atoms in total. The summed E-state index contributed by atoms with van der Waals surface area (Å²) in [5.41, 5.74) is 13.7. The van der Waals surface area contributed by atoms with E-state index < -0.39 is 5.41 Å². The number of rotatable bonds is 8. The summed E-state index contributed by atoms with van der Waals surface area (Å²) in [6.07, 6.45) is 0. The summed E-state index contributed by atoms with van der Waals surface area (Å²) < 4.78 is 0. The van der Waals surface area contributed by atoms with Gasteiger partial charge in [0, 0.05) is 34.1 Å². The molecule has 0 spiro atoms. The first-order chi connectivity index (χ1) is 25.3. The maximum Gasteiger partial charge on any atom is 0.0715 e. The Morgan fingerprint density at radius 2 is 0.549 bits per heavy atom. The van der Waals surface area contributed by atoms with Gasteiger partial charge in [0.25, 0.3) is 0 Å². The Balaban J connectivity index is 1.31. The summed E-state index contributed by atoms with van der Waals surface area (Å²) >= 11 is 0. The van der Waals surface area contributed by atoms with E-state index in [2.05, 4.69) is 228 Å². The smallest absolute Gasteiger partial charge is 0.0715 e. The molecule has 0 aliphatic heterocycles. The van der Waals surface area contributed by atoms with Crippen LogP contribution in [0.5, 0.6) is 0 Å². The van der Waals surface area contributed by atoms with Gasteiger partial charge in [-0.2, -0.15) is 0 Å². The molecule has 51 heavy (non-hydrogen) atoms. The zero-order chi connectivity index (χ0) is 34.0. The van der Waals surface area contributed by atoms with Crippen molar-refractivity contribution in [1.29, 1.82) is 0 Å². The van der Waals surface area contributed by atoms with Gasteiger partial charge in [0.1, 0.15) is 0 Å². The largest absolute Gasteiger partial charge is 0.310 e. The Bertz CT molecular complexity index is 2170. The van der Waals surface area contributed by atoms with Gasteiger partial charge < -0.3 is 9.80 Å². The minimum Gasteiger partial charge on any atom is -0.310 e. The van der Waals surface area contributed by atoms with Crippen LogP contribution >= 0.6 is 0 Å². The van der Waals surface area contributed by atoms with Gasteiger partial charge in [0.15, 0.2) is 0 Å². The van der Waals surface area contributed by atoms with Crippen molar-refractivity contribution < 1.29 is 0 Å². The Morgan fingerprint density at radius 1 is 0.255 bits per heavy atom. The molecule has 1 aliphatic rings. The third-order valence-electron chi connectivity index (χ3n) is 10.1. The number of para-hydroxylation sites is 4. The van der Waals surface area contributed by atoms with Gasteiger partial charge in [-0.15, -0.1) is 0 Å². The summed E-state index contributed by atoms with van der Waals surface area (Å²) in [6, 6.07) is 78.9. The van der Waals surface area contributed by atoms with E-state index in [0.717, 1.165) is 34.1 Å². The normalized spacial score (nSPS) is 12.5. The summed E-state index contributed by atoms with van der Waals surface area (Å²) in [5, 5.41) is 0. The topological polar surface area (TPSA) is 6.48 Å². The molecule has 242 valence electrons. The van der Waals surface area contributed by atoms with Gasteiger partial charge in [-0.25, -0.2) is 0 Å². The van der Waals surface area contributed by atoms with Crippen molar-refractivity contribution in [3.05, 3.63) is 241 Å². The van der Waals surface area contributed by atoms with Crippen LogP contribution in [0.25, 0.3) is 11.1 Å². The SMILES string of the molecule is c1ccc(N(c2ccccc2)c2cccc(C3(c4cccc(N(c5ccccc5)c5ccccc5)c4)c4ccccc4-c4ccccc43)c2)cc1. The summed E-state index contributed by atoms with van der Waals surface area (Å²) in [6.45, 7) is 0. The van der Waals surface area contributed by atoms with Crippen molar-refractivity contribution in [2.75, 3.05) is 9.80 Å². The van der Waals surface area contributed by atoms with E-state index >= 15 is 0 Å². The van der Waals surface area contributed by atoms with Crippen LogP contribution in [0.1, 0.15) is 22.3 Å². The maximum atomic E-state index is 2.40. The number of fused-ring (bicyclic) bond motifs is 3. The third kappa shape index (κ3) is 5.21. The number of hydrogen-bond acceptors (Lipinski definition) is 2. The van der Waals surface area contributed by atoms with Crippen molar-refractivity contribution in [1.82, 2.24) is 0 Å². The van der Waals surface area contributed by atoms with Gasteiger partial charge in [0.05, 0.1) is 5.41 Å². The molecule has 0 aromatic heterocycles. The fraction of sp³-hybridized carbons (Fsp3) is 0.0204. The molecule has 0 amide bonds. The van der Waals surface area contributed by atoms with Crippen LogP contribution in [0.4, 0.5) is 34.1 Å². The Morgan fingerprint density at radius 3 is 0.902 bits per heavy atom. The lowest BCUT2D eigenvalue weighted by atomic mass is 9.67. The summed E-state index contributed by atoms with van der Waals surface area (Å²) in [5.74, 6) is 0. The molecule has 2 heteroatoms.